The van der Waals surface area contributed by atoms with Crippen molar-refractivity contribution in [3.05, 3.63) is 24.3 Å². The zero-order valence-corrected chi connectivity index (χ0v) is 9.95. The maximum Gasteiger partial charge on any atom is 0.107 e. The topological polar surface area (TPSA) is 53.6 Å². The van der Waals surface area contributed by atoms with Gasteiger partial charge in [-0.25, -0.2) is 4.98 Å². The van der Waals surface area contributed by atoms with Crippen LogP contribution >= 0.6 is 0 Å². The zero-order chi connectivity index (χ0) is 11.5. The first kappa shape index (κ1) is 10.7. The summed E-state index contributed by atoms with van der Waals surface area (Å²) in [4.78, 5) is 12.0. The Bertz CT molecular complexity index is 452. The summed E-state index contributed by atoms with van der Waals surface area (Å²) in [5.74, 6) is 1.08. The first-order valence-electron chi connectivity index (χ1n) is 6.44. The van der Waals surface area contributed by atoms with E-state index in [-0.39, 0.29) is 0 Å². The number of pyridine rings is 1. The zero-order valence-electron chi connectivity index (χ0n) is 9.95. The van der Waals surface area contributed by atoms with Crippen molar-refractivity contribution in [3.8, 4) is 0 Å². The molecule has 0 saturated carbocycles. The monoisotopic (exact) mass is 230 g/mol. The second-order valence-corrected chi connectivity index (χ2v) is 4.76. The van der Waals surface area contributed by atoms with Crippen LogP contribution in [0.25, 0.3) is 11.0 Å². The molecule has 0 aromatic carbocycles. The molecule has 2 N–H and O–H groups in total. The molecular weight excluding hydrogens is 212 g/mol. The molecule has 2 aromatic rings. The molecule has 1 aliphatic heterocycles. The third-order valence-electron chi connectivity index (χ3n) is 3.47. The van der Waals surface area contributed by atoms with E-state index in [9.17, 15) is 0 Å². The first-order valence-corrected chi connectivity index (χ1v) is 6.44. The summed E-state index contributed by atoms with van der Waals surface area (Å²) in [6.45, 7) is 1.18. The number of aryl methyl sites for hydroxylation is 1. The van der Waals surface area contributed by atoms with Crippen LogP contribution in [0.3, 0.4) is 0 Å². The molecule has 17 heavy (non-hydrogen) atoms. The summed E-state index contributed by atoms with van der Waals surface area (Å²) >= 11 is 0. The van der Waals surface area contributed by atoms with Gasteiger partial charge in [0, 0.05) is 18.7 Å². The van der Waals surface area contributed by atoms with Crippen molar-refractivity contribution in [2.24, 2.45) is 0 Å². The molecular formula is C13H18N4. The molecule has 1 aliphatic rings. The van der Waals surface area contributed by atoms with Crippen LogP contribution in [0.1, 0.15) is 31.5 Å². The smallest absolute Gasteiger partial charge is 0.107 e. The van der Waals surface area contributed by atoms with Crippen LogP contribution in [-0.2, 0) is 6.42 Å². The minimum absolute atomic E-state index is 0.676. The Morgan fingerprint density at radius 3 is 3.18 bits per heavy atom. The number of piperidine rings is 1. The molecule has 1 unspecified atom stereocenters. The summed E-state index contributed by atoms with van der Waals surface area (Å²) in [5, 5.41) is 3.57. The van der Waals surface area contributed by atoms with Crippen LogP contribution in [0.5, 0.6) is 0 Å². The highest BCUT2D eigenvalue weighted by molar-refractivity contribution is 5.73. The molecule has 1 saturated heterocycles. The quantitative estimate of drug-likeness (QED) is 0.848. The molecule has 3 rings (SSSR count). The summed E-state index contributed by atoms with van der Waals surface area (Å²) in [7, 11) is 0. The SMILES string of the molecule is c1cc2nc(CCC3CCCCN3)[nH]c2cn1. The Labute approximate surface area is 101 Å². The van der Waals surface area contributed by atoms with Crippen molar-refractivity contribution in [3.63, 3.8) is 0 Å². The van der Waals surface area contributed by atoms with Gasteiger partial charge in [0.05, 0.1) is 17.2 Å². The number of fused-ring (bicyclic) bond motifs is 1. The summed E-state index contributed by atoms with van der Waals surface area (Å²) in [5.41, 5.74) is 2.06. The summed E-state index contributed by atoms with van der Waals surface area (Å²) in [6, 6.07) is 2.63. The molecule has 0 amide bonds. The molecule has 4 nitrogen and oxygen atoms in total. The normalized spacial score (nSPS) is 20.8. The number of hydrogen-bond donors (Lipinski definition) is 2. The molecule has 0 spiro atoms. The lowest BCUT2D eigenvalue weighted by atomic mass is 10.0. The number of nitrogens with one attached hydrogen (secondary N) is 2. The van der Waals surface area contributed by atoms with Gasteiger partial charge in [-0.05, 0) is 31.9 Å². The molecule has 1 fully saturated rings. The fraction of sp³-hybridized carbons (Fsp3) is 0.538. The van der Waals surface area contributed by atoms with E-state index in [0.29, 0.717) is 6.04 Å². The van der Waals surface area contributed by atoms with Gasteiger partial charge >= 0.3 is 0 Å². The minimum atomic E-state index is 0.676. The fourth-order valence-electron chi connectivity index (χ4n) is 2.51. The Morgan fingerprint density at radius 2 is 2.35 bits per heavy atom. The second kappa shape index (κ2) is 4.84. The molecule has 0 bridgehead atoms. The predicted molar refractivity (Wildman–Crippen MR) is 67.9 cm³/mol. The highest BCUT2D eigenvalue weighted by Gasteiger charge is 2.13. The summed E-state index contributed by atoms with van der Waals surface area (Å²) in [6.07, 6.45) is 9.82. The Morgan fingerprint density at radius 1 is 1.35 bits per heavy atom. The third kappa shape index (κ3) is 2.47. The van der Waals surface area contributed by atoms with Crippen molar-refractivity contribution in [1.82, 2.24) is 20.3 Å². The van der Waals surface area contributed by atoms with Gasteiger partial charge < -0.3 is 10.3 Å². The van der Waals surface area contributed by atoms with Crippen molar-refractivity contribution in [2.45, 2.75) is 38.1 Å². The van der Waals surface area contributed by atoms with E-state index in [2.05, 4.69) is 20.3 Å². The van der Waals surface area contributed by atoms with Gasteiger partial charge in [0.15, 0.2) is 0 Å². The van der Waals surface area contributed by atoms with E-state index in [1.54, 1.807) is 6.20 Å². The van der Waals surface area contributed by atoms with Gasteiger partial charge in [-0.1, -0.05) is 6.42 Å². The first-order chi connectivity index (χ1) is 8.42. The molecule has 90 valence electrons. The maximum absolute atomic E-state index is 4.57. The van der Waals surface area contributed by atoms with Crippen LogP contribution in [0.2, 0.25) is 0 Å². The Hall–Kier alpha value is -1.42. The van der Waals surface area contributed by atoms with Crippen molar-refractivity contribution in [1.29, 1.82) is 0 Å². The number of nitrogens with zero attached hydrogens (tertiary/aromatic N) is 2. The van der Waals surface area contributed by atoms with Gasteiger partial charge in [0.25, 0.3) is 0 Å². The molecule has 2 aromatic heterocycles. The maximum atomic E-state index is 4.57. The fourth-order valence-corrected chi connectivity index (χ4v) is 2.51. The van der Waals surface area contributed by atoms with Gasteiger partial charge in [-0.3, -0.25) is 4.98 Å². The molecule has 0 aliphatic carbocycles. The van der Waals surface area contributed by atoms with E-state index in [4.69, 9.17) is 0 Å². The van der Waals surface area contributed by atoms with E-state index >= 15 is 0 Å². The van der Waals surface area contributed by atoms with E-state index < -0.39 is 0 Å². The van der Waals surface area contributed by atoms with Crippen LogP contribution in [-0.4, -0.2) is 27.5 Å². The highest BCUT2D eigenvalue weighted by Crippen LogP contribution is 2.14. The Kier molecular flexibility index (Phi) is 3.05. The average molecular weight is 230 g/mol. The lowest BCUT2D eigenvalue weighted by Gasteiger charge is -2.22. The van der Waals surface area contributed by atoms with Gasteiger partial charge in [0.1, 0.15) is 5.82 Å². The average Bonchev–Trinajstić information content (AvgIpc) is 2.80. The predicted octanol–water partition coefficient (Wildman–Crippen LogP) is 2.03. The van der Waals surface area contributed by atoms with Crippen LogP contribution in [0, 0.1) is 0 Å². The van der Waals surface area contributed by atoms with Gasteiger partial charge in [-0.15, -0.1) is 0 Å². The minimum Gasteiger partial charge on any atom is -0.341 e. The summed E-state index contributed by atoms with van der Waals surface area (Å²) < 4.78 is 0. The number of H-pyrrole nitrogens is 1. The van der Waals surface area contributed by atoms with Crippen molar-refractivity contribution < 1.29 is 0 Å². The lowest BCUT2D eigenvalue weighted by molar-refractivity contribution is 0.381. The number of aromatic amines is 1. The lowest BCUT2D eigenvalue weighted by Crippen LogP contribution is -2.34. The van der Waals surface area contributed by atoms with Crippen molar-refractivity contribution >= 4 is 11.0 Å². The number of aromatic nitrogens is 3. The standard InChI is InChI=1S/C13H18N4/c1-2-7-15-10(3-1)4-5-13-16-11-6-8-14-9-12(11)17-13/h6,8-10,15H,1-5,7H2,(H,16,17). The Balaban J connectivity index is 1.64. The van der Waals surface area contributed by atoms with Crippen LogP contribution < -0.4 is 5.32 Å². The highest BCUT2D eigenvalue weighted by atomic mass is 14.9. The van der Waals surface area contributed by atoms with Crippen LogP contribution in [0.15, 0.2) is 18.5 Å². The third-order valence-corrected chi connectivity index (χ3v) is 3.47. The molecule has 3 heterocycles. The van der Waals surface area contributed by atoms with Gasteiger partial charge in [0.2, 0.25) is 0 Å². The van der Waals surface area contributed by atoms with E-state index in [0.717, 1.165) is 23.3 Å². The van der Waals surface area contributed by atoms with Crippen molar-refractivity contribution in [2.75, 3.05) is 6.54 Å². The van der Waals surface area contributed by atoms with Crippen LogP contribution in [0.4, 0.5) is 0 Å². The molecule has 1 atom stereocenters. The number of imidazole rings is 1. The number of hydrogen-bond acceptors (Lipinski definition) is 3. The molecule has 0 radical (unpaired) electrons. The molecule has 4 heteroatoms. The van der Waals surface area contributed by atoms with E-state index in [1.165, 1.54) is 32.2 Å². The largest absolute Gasteiger partial charge is 0.341 e. The number of rotatable bonds is 3. The van der Waals surface area contributed by atoms with E-state index in [1.807, 2.05) is 12.3 Å². The van der Waals surface area contributed by atoms with Gasteiger partial charge in [-0.2, -0.15) is 0 Å². The second-order valence-electron chi connectivity index (χ2n) is 4.76.